The van der Waals surface area contributed by atoms with Crippen LogP contribution in [-0.2, 0) is 6.54 Å². The van der Waals surface area contributed by atoms with Crippen LogP contribution in [0.1, 0.15) is 11.1 Å². The highest BCUT2D eigenvalue weighted by molar-refractivity contribution is 5.11. The first kappa shape index (κ1) is 10.4. The van der Waals surface area contributed by atoms with Crippen LogP contribution in [0.25, 0.3) is 0 Å². The topological polar surface area (TPSA) is 67.8 Å². The normalized spacial score (nSPS) is 10.3. The van der Waals surface area contributed by atoms with Crippen molar-refractivity contribution in [3.8, 4) is 0 Å². The summed E-state index contributed by atoms with van der Waals surface area (Å²) in [6.45, 7) is 2.10. The molecular formula is C11H11N3O2. The number of aromatic nitrogens is 3. The Hall–Kier alpha value is -2.17. The third kappa shape index (κ3) is 2.08. The lowest BCUT2D eigenvalue weighted by atomic mass is 10.2. The molecule has 2 rings (SSSR count). The molecule has 5 nitrogen and oxygen atoms in total. The summed E-state index contributed by atoms with van der Waals surface area (Å²) in [5.41, 5.74) is 0.751. The van der Waals surface area contributed by atoms with Gasteiger partial charge in [0.1, 0.15) is 0 Å². The maximum Gasteiger partial charge on any atom is 0.328 e. The van der Waals surface area contributed by atoms with Crippen molar-refractivity contribution in [3.63, 3.8) is 0 Å². The molecule has 0 aliphatic heterocycles. The molecular weight excluding hydrogens is 206 g/mol. The molecule has 0 radical (unpaired) electrons. The predicted octanol–water partition coefficient (Wildman–Crippen LogP) is 0.288. The molecule has 0 saturated heterocycles. The van der Waals surface area contributed by atoms with Crippen LogP contribution in [0.4, 0.5) is 0 Å². The van der Waals surface area contributed by atoms with Gasteiger partial charge in [0.15, 0.2) is 0 Å². The standard InChI is InChI=1S/C11H11N3O2/c1-8-6-14(11(16)13-10(8)15)7-9-2-4-12-5-3-9/h2-6H,7H2,1H3,(H,13,15,16). The van der Waals surface area contributed by atoms with Gasteiger partial charge in [0.25, 0.3) is 5.56 Å². The van der Waals surface area contributed by atoms with E-state index in [4.69, 9.17) is 0 Å². The predicted molar refractivity (Wildman–Crippen MR) is 59.4 cm³/mol. The van der Waals surface area contributed by atoms with E-state index in [2.05, 4.69) is 9.97 Å². The van der Waals surface area contributed by atoms with E-state index in [-0.39, 0.29) is 5.56 Å². The molecule has 1 N–H and O–H groups in total. The second-order valence-electron chi connectivity index (χ2n) is 3.55. The molecule has 0 bridgehead atoms. The number of aryl methyl sites for hydroxylation is 1. The average Bonchev–Trinajstić information content (AvgIpc) is 2.27. The lowest BCUT2D eigenvalue weighted by Crippen LogP contribution is -2.31. The summed E-state index contributed by atoms with van der Waals surface area (Å²) in [6.07, 6.45) is 4.89. The molecule has 0 unspecified atom stereocenters. The third-order valence-corrected chi connectivity index (χ3v) is 2.29. The molecule has 0 spiro atoms. The maximum atomic E-state index is 11.5. The van der Waals surface area contributed by atoms with Gasteiger partial charge < -0.3 is 0 Å². The monoisotopic (exact) mass is 217 g/mol. The van der Waals surface area contributed by atoms with E-state index in [1.54, 1.807) is 25.5 Å². The summed E-state index contributed by atoms with van der Waals surface area (Å²) in [6, 6.07) is 3.65. The number of hydrogen-bond donors (Lipinski definition) is 1. The number of nitrogens with zero attached hydrogens (tertiary/aromatic N) is 2. The largest absolute Gasteiger partial charge is 0.328 e. The smallest absolute Gasteiger partial charge is 0.296 e. The van der Waals surface area contributed by atoms with Crippen molar-refractivity contribution >= 4 is 0 Å². The summed E-state index contributed by atoms with van der Waals surface area (Å²) in [7, 11) is 0. The minimum Gasteiger partial charge on any atom is -0.296 e. The van der Waals surface area contributed by atoms with Crippen LogP contribution in [0.2, 0.25) is 0 Å². The second kappa shape index (κ2) is 4.14. The summed E-state index contributed by atoms with van der Waals surface area (Å²) < 4.78 is 1.46. The van der Waals surface area contributed by atoms with Gasteiger partial charge in [0.05, 0.1) is 6.54 Å². The summed E-state index contributed by atoms with van der Waals surface area (Å²) >= 11 is 0. The van der Waals surface area contributed by atoms with Gasteiger partial charge in [-0.1, -0.05) is 0 Å². The SMILES string of the molecule is Cc1cn(Cc2ccncc2)c(=O)[nH]c1=O. The molecule has 2 aromatic rings. The van der Waals surface area contributed by atoms with Crippen LogP contribution in [0.15, 0.2) is 40.3 Å². The fourth-order valence-corrected chi connectivity index (χ4v) is 1.42. The van der Waals surface area contributed by atoms with E-state index in [9.17, 15) is 9.59 Å². The molecule has 0 aromatic carbocycles. The van der Waals surface area contributed by atoms with E-state index in [1.165, 1.54) is 4.57 Å². The highest BCUT2D eigenvalue weighted by Crippen LogP contribution is 1.98. The molecule has 0 fully saturated rings. The van der Waals surface area contributed by atoms with E-state index in [1.807, 2.05) is 12.1 Å². The van der Waals surface area contributed by atoms with Gasteiger partial charge in [-0.05, 0) is 24.6 Å². The van der Waals surface area contributed by atoms with Gasteiger partial charge >= 0.3 is 5.69 Å². The highest BCUT2D eigenvalue weighted by atomic mass is 16.2. The van der Waals surface area contributed by atoms with Gasteiger partial charge in [-0.3, -0.25) is 19.3 Å². The zero-order valence-corrected chi connectivity index (χ0v) is 8.80. The molecule has 0 atom stereocenters. The maximum absolute atomic E-state index is 11.5. The Kier molecular flexibility index (Phi) is 2.68. The first-order valence-electron chi connectivity index (χ1n) is 4.86. The Morgan fingerprint density at radius 3 is 2.69 bits per heavy atom. The van der Waals surface area contributed by atoms with Gasteiger partial charge in [0, 0.05) is 24.2 Å². The highest BCUT2D eigenvalue weighted by Gasteiger charge is 2.01. The number of H-pyrrole nitrogens is 1. The molecule has 0 saturated carbocycles. The summed E-state index contributed by atoms with van der Waals surface area (Å²) in [5, 5.41) is 0. The molecule has 16 heavy (non-hydrogen) atoms. The first-order valence-corrected chi connectivity index (χ1v) is 4.86. The zero-order valence-electron chi connectivity index (χ0n) is 8.80. The number of nitrogens with one attached hydrogen (secondary N) is 1. The number of hydrogen-bond acceptors (Lipinski definition) is 3. The van der Waals surface area contributed by atoms with E-state index in [0.29, 0.717) is 12.1 Å². The van der Waals surface area contributed by atoms with Crippen molar-refractivity contribution in [2.45, 2.75) is 13.5 Å². The number of aromatic amines is 1. The lowest BCUT2D eigenvalue weighted by molar-refractivity contribution is 0.713. The van der Waals surface area contributed by atoms with E-state index >= 15 is 0 Å². The molecule has 0 aliphatic carbocycles. The Labute approximate surface area is 91.4 Å². The van der Waals surface area contributed by atoms with Crippen molar-refractivity contribution in [3.05, 3.63) is 62.7 Å². The Morgan fingerprint density at radius 1 is 1.31 bits per heavy atom. The molecule has 5 heteroatoms. The van der Waals surface area contributed by atoms with Crippen LogP contribution in [-0.4, -0.2) is 14.5 Å². The zero-order chi connectivity index (χ0) is 11.5. The minimum atomic E-state index is -0.396. The van der Waals surface area contributed by atoms with Crippen LogP contribution in [0, 0.1) is 6.92 Å². The summed E-state index contributed by atoms with van der Waals surface area (Å²) in [5.74, 6) is 0. The van der Waals surface area contributed by atoms with Crippen LogP contribution >= 0.6 is 0 Å². The van der Waals surface area contributed by atoms with Gasteiger partial charge in [0.2, 0.25) is 0 Å². The van der Waals surface area contributed by atoms with Crippen LogP contribution in [0.5, 0.6) is 0 Å². The molecule has 82 valence electrons. The van der Waals surface area contributed by atoms with Gasteiger partial charge in [-0.25, -0.2) is 4.79 Å². The summed E-state index contributed by atoms with van der Waals surface area (Å²) in [4.78, 5) is 28.8. The van der Waals surface area contributed by atoms with Crippen LogP contribution < -0.4 is 11.2 Å². The average molecular weight is 217 g/mol. The quantitative estimate of drug-likeness (QED) is 0.786. The van der Waals surface area contributed by atoms with Crippen molar-refractivity contribution in [1.29, 1.82) is 0 Å². The van der Waals surface area contributed by atoms with E-state index in [0.717, 1.165) is 5.56 Å². The Morgan fingerprint density at radius 2 is 2.00 bits per heavy atom. The fourth-order valence-electron chi connectivity index (χ4n) is 1.42. The van der Waals surface area contributed by atoms with Crippen molar-refractivity contribution < 1.29 is 0 Å². The first-order chi connectivity index (χ1) is 7.66. The Bertz CT molecular complexity index is 599. The van der Waals surface area contributed by atoms with Gasteiger partial charge in [-0.2, -0.15) is 0 Å². The van der Waals surface area contributed by atoms with Crippen LogP contribution in [0.3, 0.4) is 0 Å². The number of rotatable bonds is 2. The van der Waals surface area contributed by atoms with Crippen molar-refractivity contribution in [1.82, 2.24) is 14.5 Å². The lowest BCUT2D eigenvalue weighted by Gasteiger charge is -2.05. The van der Waals surface area contributed by atoms with E-state index < -0.39 is 5.69 Å². The Balaban J connectivity index is 2.40. The van der Waals surface area contributed by atoms with Crippen molar-refractivity contribution in [2.24, 2.45) is 0 Å². The molecule has 0 amide bonds. The molecule has 2 heterocycles. The number of pyridine rings is 1. The second-order valence-corrected chi connectivity index (χ2v) is 3.55. The van der Waals surface area contributed by atoms with Gasteiger partial charge in [-0.15, -0.1) is 0 Å². The minimum absolute atomic E-state index is 0.337. The molecule has 2 aromatic heterocycles. The molecule has 0 aliphatic rings. The third-order valence-electron chi connectivity index (χ3n) is 2.29. The fraction of sp³-hybridized carbons (Fsp3) is 0.182. The van der Waals surface area contributed by atoms with Crippen molar-refractivity contribution in [2.75, 3.05) is 0 Å².